The summed E-state index contributed by atoms with van der Waals surface area (Å²) in [4.78, 5) is 68.0. The number of nitrogens with zero attached hydrogens (tertiary/aromatic N) is 1. The summed E-state index contributed by atoms with van der Waals surface area (Å²) in [5.74, 6) is -4.77. The number of rotatable bonds is 14. The first-order chi connectivity index (χ1) is 17.1. The van der Waals surface area contributed by atoms with Gasteiger partial charge in [0.05, 0.1) is 18.8 Å². The minimum Gasteiger partial charge on any atom is -0.480 e. The van der Waals surface area contributed by atoms with Crippen molar-refractivity contribution in [1.82, 2.24) is 25.9 Å². The minimum atomic E-state index is -1.42. The molecule has 0 aliphatic carbocycles. The van der Waals surface area contributed by atoms with Gasteiger partial charge in [-0.05, 0) is 12.0 Å². The Balaban J connectivity index is 2.15. The number of primary amides is 1. The van der Waals surface area contributed by atoms with Crippen LogP contribution in [-0.4, -0.2) is 74.6 Å². The predicted octanol–water partition coefficient (Wildman–Crippen LogP) is -2.13. The molecule has 4 amide bonds. The van der Waals surface area contributed by atoms with Gasteiger partial charge in [-0.25, -0.2) is 9.78 Å². The Bertz CT molecular complexity index is 1050. The minimum absolute atomic E-state index is 0.0821. The fourth-order valence-electron chi connectivity index (χ4n) is 3.21. The van der Waals surface area contributed by atoms with Crippen molar-refractivity contribution < 1.29 is 29.1 Å². The maximum absolute atomic E-state index is 13.0. The number of amides is 4. The number of imidazole rings is 1. The fraction of sp³-hybridized carbons (Fsp3) is 0.364. The number of hydrogen-bond donors (Lipinski definition) is 8. The van der Waals surface area contributed by atoms with Crippen LogP contribution in [0.1, 0.15) is 17.7 Å². The van der Waals surface area contributed by atoms with Crippen molar-refractivity contribution >= 4 is 42.2 Å². The van der Waals surface area contributed by atoms with E-state index in [1.54, 1.807) is 24.3 Å². The van der Waals surface area contributed by atoms with Crippen LogP contribution in [0.3, 0.4) is 0 Å². The van der Waals surface area contributed by atoms with Gasteiger partial charge in [0, 0.05) is 24.1 Å². The van der Waals surface area contributed by atoms with Gasteiger partial charge < -0.3 is 37.5 Å². The Morgan fingerprint density at radius 2 is 1.56 bits per heavy atom. The van der Waals surface area contributed by atoms with Gasteiger partial charge in [-0.1, -0.05) is 30.3 Å². The summed E-state index contributed by atoms with van der Waals surface area (Å²) >= 11 is 3.91. The molecule has 4 atom stereocenters. The van der Waals surface area contributed by atoms with Crippen LogP contribution in [0.15, 0.2) is 42.9 Å². The second kappa shape index (κ2) is 13.8. The molecule has 1 aromatic carbocycles. The molecule has 1 heterocycles. The summed E-state index contributed by atoms with van der Waals surface area (Å²) in [7, 11) is 0. The molecule has 0 saturated carbocycles. The van der Waals surface area contributed by atoms with E-state index in [-0.39, 0.29) is 18.6 Å². The largest absolute Gasteiger partial charge is 0.480 e. The van der Waals surface area contributed by atoms with Crippen molar-refractivity contribution in [2.45, 2.75) is 43.4 Å². The molecule has 0 bridgehead atoms. The number of nitrogens with one attached hydrogen (secondary N) is 4. The molecule has 0 aliphatic heterocycles. The molecule has 4 unspecified atom stereocenters. The van der Waals surface area contributed by atoms with Crippen LogP contribution in [0.4, 0.5) is 0 Å². The highest BCUT2D eigenvalue weighted by Crippen LogP contribution is 2.05. The van der Waals surface area contributed by atoms with Gasteiger partial charge in [0.2, 0.25) is 23.6 Å². The second-order valence-electron chi connectivity index (χ2n) is 7.95. The third-order valence-electron chi connectivity index (χ3n) is 5.08. The zero-order valence-corrected chi connectivity index (χ0v) is 20.1. The van der Waals surface area contributed by atoms with E-state index in [9.17, 15) is 29.1 Å². The number of nitrogens with two attached hydrogens (primary N) is 2. The topological polar surface area (TPSA) is 222 Å². The van der Waals surface area contributed by atoms with Crippen LogP contribution >= 0.6 is 12.6 Å². The van der Waals surface area contributed by atoms with Crippen molar-refractivity contribution in [1.29, 1.82) is 0 Å². The summed E-state index contributed by atoms with van der Waals surface area (Å²) in [6.45, 7) is 0. The third kappa shape index (κ3) is 9.03. The Labute approximate surface area is 212 Å². The van der Waals surface area contributed by atoms with Crippen LogP contribution in [0, 0.1) is 0 Å². The highest BCUT2D eigenvalue weighted by atomic mass is 32.1. The summed E-state index contributed by atoms with van der Waals surface area (Å²) in [6.07, 6.45) is 2.33. The standard InChI is InChI=1S/C22H29N7O6S/c23-14(6-12-4-2-1-3-5-12)19(31)27-16(8-18(24)30)21(33)28-15(7-13-9-25-11-26-13)20(32)29-17(10-36)22(34)35/h1-5,9,11,14-17,36H,6-8,10,23H2,(H2,24,30)(H,25,26)(H,27,31)(H,28,33)(H,29,32)(H,34,35). The van der Waals surface area contributed by atoms with Crippen LogP contribution in [0.5, 0.6) is 0 Å². The Hall–Kier alpha value is -3.91. The number of aromatic amines is 1. The van der Waals surface area contributed by atoms with Crippen LogP contribution in [-0.2, 0) is 36.8 Å². The summed E-state index contributed by atoms with van der Waals surface area (Å²) in [6, 6.07) is 3.94. The molecular weight excluding hydrogens is 490 g/mol. The number of thiol groups is 1. The van der Waals surface area contributed by atoms with Gasteiger partial charge in [-0.3, -0.25) is 19.2 Å². The number of aromatic nitrogens is 2. The van der Waals surface area contributed by atoms with Crippen molar-refractivity contribution in [2.24, 2.45) is 11.5 Å². The first-order valence-corrected chi connectivity index (χ1v) is 11.5. The second-order valence-corrected chi connectivity index (χ2v) is 8.32. The molecule has 36 heavy (non-hydrogen) atoms. The first kappa shape index (κ1) is 28.3. The molecule has 1 aromatic heterocycles. The van der Waals surface area contributed by atoms with Crippen molar-refractivity contribution in [3.8, 4) is 0 Å². The number of aliphatic carboxylic acids is 1. The first-order valence-electron chi connectivity index (χ1n) is 10.9. The lowest BCUT2D eigenvalue weighted by molar-refractivity contribution is -0.141. The molecular formula is C22H29N7O6S. The number of carbonyl (C=O) groups excluding carboxylic acids is 4. The number of hydrogen-bond acceptors (Lipinski definition) is 8. The monoisotopic (exact) mass is 519 g/mol. The van der Waals surface area contributed by atoms with Crippen molar-refractivity contribution in [3.05, 3.63) is 54.1 Å². The predicted molar refractivity (Wildman–Crippen MR) is 132 cm³/mol. The Kier molecular flexibility index (Phi) is 10.9. The molecule has 0 spiro atoms. The number of carboxylic acid groups (broad SMARTS) is 1. The van der Waals surface area contributed by atoms with E-state index >= 15 is 0 Å². The maximum atomic E-state index is 13.0. The Morgan fingerprint density at radius 3 is 2.11 bits per heavy atom. The number of benzene rings is 1. The van der Waals surface area contributed by atoms with Crippen molar-refractivity contribution in [3.63, 3.8) is 0 Å². The lowest BCUT2D eigenvalue weighted by Gasteiger charge is -2.24. The Morgan fingerprint density at radius 1 is 0.944 bits per heavy atom. The average Bonchev–Trinajstić information content (AvgIpc) is 3.34. The fourth-order valence-corrected chi connectivity index (χ4v) is 3.45. The normalized spacial score (nSPS) is 14.1. The lowest BCUT2D eigenvalue weighted by Crippen LogP contribution is -2.58. The van der Waals surface area contributed by atoms with Crippen molar-refractivity contribution in [2.75, 3.05) is 5.75 Å². The zero-order valence-electron chi connectivity index (χ0n) is 19.2. The molecule has 194 valence electrons. The average molecular weight is 520 g/mol. The van der Waals surface area contributed by atoms with E-state index in [4.69, 9.17) is 11.5 Å². The van der Waals surface area contributed by atoms with Crippen LogP contribution in [0.25, 0.3) is 0 Å². The van der Waals surface area contributed by atoms with Gasteiger partial charge in [0.1, 0.15) is 18.1 Å². The molecule has 9 N–H and O–H groups in total. The van der Waals surface area contributed by atoms with Gasteiger partial charge in [0.15, 0.2) is 0 Å². The smallest absolute Gasteiger partial charge is 0.327 e. The van der Waals surface area contributed by atoms with E-state index in [0.29, 0.717) is 5.69 Å². The van der Waals surface area contributed by atoms with Gasteiger partial charge in [-0.2, -0.15) is 12.6 Å². The van der Waals surface area contributed by atoms with Gasteiger partial charge >= 0.3 is 5.97 Å². The van der Waals surface area contributed by atoms with E-state index in [0.717, 1.165) is 5.56 Å². The van der Waals surface area contributed by atoms with Gasteiger partial charge in [-0.15, -0.1) is 0 Å². The lowest BCUT2D eigenvalue weighted by atomic mass is 10.0. The highest BCUT2D eigenvalue weighted by molar-refractivity contribution is 7.80. The summed E-state index contributed by atoms with van der Waals surface area (Å²) < 4.78 is 0. The SMILES string of the molecule is NC(=O)CC(NC(=O)C(N)Cc1ccccc1)C(=O)NC(Cc1cnc[nH]1)C(=O)NC(CS)C(=O)O. The molecule has 2 rings (SSSR count). The van der Waals surface area contributed by atoms with Gasteiger partial charge in [0.25, 0.3) is 0 Å². The van der Waals surface area contributed by atoms with Crippen LogP contribution < -0.4 is 27.4 Å². The quantitative estimate of drug-likeness (QED) is 0.128. The molecule has 0 aliphatic rings. The van der Waals surface area contributed by atoms with E-state index in [1.165, 1.54) is 12.5 Å². The summed E-state index contributed by atoms with van der Waals surface area (Å²) in [5, 5.41) is 16.3. The molecule has 13 nitrogen and oxygen atoms in total. The van der Waals surface area contributed by atoms with E-state index in [1.807, 2.05) is 6.07 Å². The van der Waals surface area contributed by atoms with Crippen LogP contribution in [0.2, 0.25) is 0 Å². The third-order valence-corrected chi connectivity index (χ3v) is 5.45. The number of carboxylic acids is 1. The molecule has 0 radical (unpaired) electrons. The maximum Gasteiger partial charge on any atom is 0.327 e. The molecule has 2 aromatic rings. The zero-order chi connectivity index (χ0) is 26.7. The number of carbonyl (C=O) groups is 5. The van der Waals surface area contributed by atoms with E-state index < -0.39 is 60.2 Å². The molecule has 14 heteroatoms. The highest BCUT2D eigenvalue weighted by Gasteiger charge is 2.31. The molecule has 0 saturated heterocycles. The summed E-state index contributed by atoms with van der Waals surface area (Å²) in [5.41, 5.74) is 12.5. The number of H-pyrrole nitrogens is 1. The van der Waals surface area contributed by atoms with E-state index in [2.05, 4.69) is 38.5 Å². The molecule has 0 fully saturated rings.